The number of ether oxygens (including phenoxy) is 1. The summed E-state index contributed by atoms with van der Waals surface area (Å²) in [4.78, 5) is 18.1. The number of hydrogen-bond acceptors (Lipinski definition) is 7. The van der Waals surface area contributed by atoms with Crippen molar-refractivity contribution in [3.8, 4) is 23.2 Å². The summed E-state index contributed by atoms with van der Waals surface area (Å²) in [5, 5.41) is 14.0. The van der Waals surface area contributed by atoms with Crippen LogP contribution < -0.4 is 0 Å². The van der Waals surface area contributed by atoms with Crippen LogP contribution in [0.2, 0.25) is 0 Å². The molecule has 36 heavy (non-hydrogen) atoms. The zero-order valence-electron chi connectivity index (χ0n) is 20.8. The molecule has 0 bridgehead atoms. The summed E-state index contributed by atoms with van der Waals surface area (Å²) < 4.78 is 12.4. The summed E-state index contributed by atoms with van der Waals surface area (Å²) >= 11 is 0. The fraction of sp³-hybridized carbons (Fsp3) is 0.464. The van der Waals surface area contributed by atoms with Gasteiger partial charge in [0.15, 0.2) is 5.76 Å². The summed E-state index contributed by atoms with van der Waals surface area (Å²) in [6.45, 7) is 7.59. The van der Waals surface area contributed by atoms with Crippen LogP contribution in [0.1, 0.15) is 49.9 Å². The van der Waals surface area contributed by atoms with Gasteiger partial charge in [-0.2, -0.15) is 0 Å². The Morgan fingerprint density at radius 2 is 2.06 bits per heavy atom. The molecule has 1 saturated heterocycles. The number of imidazole rings is 1. The highest BCUT2D eigenvalue weighted by molar-refractivity contribution is 5.69. The fourth-order valence-corrected chi connectivity index (χ4v) is 5.09. The number of aliphatic hydroxyl groups is 1. The van der Waals surface area contributed by atoms with Gasteiger partial charge in [0, 0.05) is 55.0 Å². The summed E-state index contributed by atoms with van der Waals surface area (Å²) in [5.74, 6) is 9.83. The Bertz CT molecular complexity index is 1240. The van der Waals surface area contributed by atoms with Crippen LogP contribution in [0.25, 0.3) is 11.3 Å². The number of likely N-dealkylation sites (tertiary alicyclic amines) is 1. The molecular formula is C28H32N4O4. The van der Waals surface area contributed by atoms with Crippen LogP contribution in [-0.4, -0.2) is 56.9 Å². The van der Waals surface area contributed by atoms with Crippen molar-refractivity contribution in [2.45, 2.75) is 39.3 Å². The third kappa shape index (κ3) is 5.53. The van der Waals surface area contributed by atoms with Crippen molar-refractivity contribution in [1.29, 1.82) is 0 Å². The molecule has 1 N–H and O–H groups in total. The van der Waals surface area contributed by atoms with Crippen molar-refractivity contribution in [2.24, 2.45) is 17.8 Å². The third-order valence-corrected chi connectivity index (χ3v) is 7.00. The number of carbonyl (C=O) groups excluding carboxylic acids is 1. The van der Waals surface area contributed by atoms with Crippen molar-refractivity contribution in [3.05, 3.63) is 59.8 Å². The molecule has 5 rings (SSSR count). The average molecular weight is 489 g/mol. The molecule has 1 aromatic carbocycles. The first-order valence-corrected chi connectivity index (χ1v) is 12.7. The number of hydrogen-bond donors (Lipinski definition) is 1. The molecule has 3 aromatic rings. The van der Waals surface area contributed by atoms with Gasteiger partial charge in [-0.05, 0) is 62.9 Å². The highest BCUT2D eigenvalue weighted by atomic mass is 16.5. The minimum Gasteiger partial charge on any atom is -0.466 e. The van der Waals surface area contributed by atoms with E-state index in [0.717, 1.165) is 42.9 Å². The number of rotatable bonds is 9. The van der Waals surface area contributed by atoms with E-state index < -0.39 is 6.10 Å². The van der Waals surface area contributed by atoms with E-state index in [1.165, 1.54) is 0 Å². The van der Waals surface area contributed by atoms with Crippen LogP contribution in [0.5, 0.6) is 0 Å². The number of nitrogens with zero attached hydrogens (tertiary/aromatic N) is 4. The molecule has 0 spiro atoms. The summed E-state index contributed by atoms with van der Waals surface area (Å²) in [5.41, 5.74) is 2.71. The lowest BCUT2D eigenvalue weighted by Gasteiger charge is -2.17. The van der Waals surface area contributed by atoms with Crippen molar-refractivity contribution < 1.29 is 19.2 Å². The minimum absolute atomic E-state index is 0.0962. The summed E-state index contributed by atoms with van der Waals surface area (Å²) in [6, 6.07) is 9.96. The lowest BCUT2D eigenvalue weighted by molar-refractivity contribution is -0.143. The number of fused-ring (bicyclic) bond motifs is 1. The van der Waals surface area contributed by atoms with Crippen LogP contribution in [0.3, 0.4) is 0 Å². The van der Waals surface area contributed by atoms with Crippen LogP contribution in [-0.2, 0) is 16.1 Å². The molecule has 188 valence electrons. The molecule has 2 aromatic heterocycles. The second kappa shape index (κ2) is 10.7. The zero-order chi connectivity index (χ0) is 25.1. The van der Waals surface area contributed by atoms with Crippen molar-refractivity contribution in [1.82, 2.24) is 19.6 Å². The largest absolute Gasteiger partial charge is 0.466 e. The Morgan fingerprint density at radius 3 is 2.78 bits per heavy atom. The molecule has 8 nitrogen and oxygen atoms in total. The lowest BCUT2D eigenvalue weighted by Crippen LogP contribution is -2.26. The molecule has 1 aliphatic carbocycles. The topological polar surface area (TPSA) is 93.6 Å². The maximum atomic E-state index is 11.5. The average Bonchev–Trinajstić information content (AvgIpc) is 3.34. The van der Waals surface area contributed by atoms with E-state index >= 15 is 0 Å². The molecular weight excluding hydrogens is 456 g/mol. The Morgan fingerprint density at radius 1 is 1.28 bits per heavy atom. The molecule has 0 radical (unpaired) electrons. The quantitative estimate of drug-likeness (QED) is 0.364. The number of piperidine rings is 1. The van der Waals surface area contributed by atoms with Crippen molar-refractivity contribution in [3.63, 3.8) is 0 Å². The molecule has 8 heteroatoms. The highest BCUT2D eigenvalue weighted by Crippen LogP contribution is 2.51. The highest BCUT2D eigenvalue weighted by Gasteiger charge is 2.54. The zero-order valence-corrected chi connectivity index (χ0v) is 20.8. The number of benzene rings is 1. The van der Waals surface area contributed by atoms with Gasteiger partial charge >= 0.3 is 5.97 Å². The molecule has 2 fully saturated rings. The molecule has 1 aliphatic heterocycles. The molecule has 4 atom stereocenters. The van der Waals surface area contributed by atoms with E-state index in [2.05, 4.69) is 26.9 Å². The Kier molecular flexibility index (Phi) is 7.21. The normalized spacial score (nSPS) is 21.5. The van der Waals surface area contributed by atoms with Gasteiger partial charge < -0.3 is 23.8 Å². The van der Waals surface area contributed by atoms with Gasteiger partial charge in [-0.1, -0.05) is 17.0 Å². The molecule has 0 unspecified atom stereocenters. The molecule has 2 aliphatic rings. The Hall–Kier alpha value is -3.41. The van der Waals surface area contributed by atoms with Crippen LogP contribution in [0.4, 0.5) is 0 Å². The third-order valence-electron chi connectivity index (χ3n) is 7.00. The standard InChI is InChI=1S/C28H32N4O4/c1-3-35-27(34)5-4-13-31-17-24-23(25(24)18-31)11-8-20-6-9-21(10-7-20)26-15-22(30-36-26)16-32-14-12-29-28(32)19(2)33/h6-7,9-10,12,14-15,19,23-25,33H,3-5,13,16-18H2,1-2H3/t19-,23-,24+,25-/m0/s1. The van der Waals surface area contributed by atoms with E-state index in [1.54, 1.807) is 13.1 Å². The summed E-state index contributed by atoms with van der Waals surface area (Å²) in [6.07, 6.45) is 4.21. The van der Waals surface area contributed by atoms with Gasteiger partial charge in [-0.3, -0.25) is 4.79 Å². The predicted molar refractivity (Wildman–Crippen MR) is 134 cm³/mol. The second-order valence-corrected chi connectivity index (χ2v) is 9.64. The van der Waals surface area contributed by atoms with Gasteiger partial charge in [0.25, 0.3) is 0 Å². The van der Waals surface area contributed by atoms with Crippen LogP contribution in [0.15, 0.2) is 47.2 Å². The van der Waals surface area contributed by atoms with Gasteiger partial charge in [-0.25, -0.2) is 4.98 Å². The maximum absolute atomic E-state index is 11.5. The first-order valence-electron chi connectivity index (χ1n) is 12.7. The van der Waals surface area contributed by atoms with Crippen molar-refractivity contribution in [2.75, 3.05) is 26.2 Å². The number of esters is 1. The maximum Gasteiger partial charge on any atom is 0.305 e. The molecule has 0 amide bonds. The van der Waals surface area contributed by atoms with E-state index in [1.807, 2.05) is 48.0 Å². The van der Waals surface area contributed by atoms with Crippen LogP contribution >= 0.6 is 0 Å². The SMILES string of the molecule is CCOC(=O)CCCN1C[C@@H]2[C@H](C#Cc3ccc(-c4cc(Cn5ccnc5[C@H](C)O)no4)cc3)[C@@H]2C1. The Labute approximate surface area is 211 Å². The van der Waals surface area contributed by atoms with Gasteiger partial charge in [0.1, 0.15) is 17.6 Å². The van der Waals surface area contributed by atoms with Crippen LogP contribution in [0, 0.1) is 29.6 Å². The van der Waals surface area contributed by atoms with Gasteiger partial charge in [-0.15, -0.1) is 0 Å². The van der Waals surface area contributed by atoms with E-state index in [-0.39, 0.29) is 5.97 Å². The van der Waals surface area contributed by atoms with Gasteiger partial charge in [0.2, 0.25) is 0 Å². The van der Waals surface area contributed by atoms with Crippen molar-refractivity contribution >= 4 is 5.97 Å². The predicted octanol–water partition coefficient (Wildman–Crippen LogP) is 3.51. The van der Waals surface area contributed by atoms with E-state index in [0.29, 0.717) is 48.9 Å². The Balaban J connectivity index is 1.10. The molecule has 3 heterocycles. The first-order chi connectivity index (χ1) is 17.5. The lowest BCUT2D eigenvalue weighted by atomic mass is 10.1. The fourth-order valence-electron chi connectivity index (χ4n) is 5.09. The second-order valence-electron chi connectivity index (χ2n) is 9.64. The van der Waals surface area contributed by atoms with E-state index in [4.69, 9.17) is 9.26 Å². The van der Waals surface area contributed by atoms with E-state index in [9.17, 15) is 9.90 Å². The summed E-state index contributed by atoms with van der Waals surface area (Å²) in [7, 11) is 0. The number of aromatic nitrogens is 3. The minimum atomic E-state index is -0.642. The number of carbonyl (C=O) groups is 1. The first kappa shape index (κ1) is 24.3. The monoisotopic (exact) mass is 488 g/mol. The smallest absolute Gasteiger partial charge is 0.305 e. The number of aliphatic hydroxyl groups excluding tert-OH is 1. The molecule has 1 saturated carbocycles. The van der Waals surface area contributed by atoms with Gasteiger partial charge in [0.05, 0.1) is 13.2 Å².